The van der Waals surface area contributed by atoms with Gasteiger partial charge in [-0.05, 0) is 141 Å². The molecular formula is C40H68O6. The van der Waals surface area contributed by atoms with Gasteiger partial charge in [0.2, 0.25) is 0 Å². The van der Waals surface area contributed by atoms with E-state index < -0.39 is 0 Å². The Morgan fingerprint density at radius 1 is 0.652 bits per heavy atom. The lowest BCUT2D eigenvalue weighted by Gasteiger charge is -2.21. The Balaban J connectivity index is 0.0000000884. The second-order valence-corrected chi connectivity index (χ2v) is 18.2. The maximum Gasteiger partial charge on any atom is 0.0635 e. The molecule has 46 heavy (non-hydrogen) atoms. The van der Waals surface area contributed by atoms with Gasteiger partial charge >= 0.3 is 0 Å². The van der Waals surface area contributed by atoms with E-state index in [9.17, 15) is 0 Å². The van der Waals surface area contributed by atoms with E-state index in [4.69, 9.17) is 28.4 Å². The zero-order valence-electron chi connectivity index (χ0n) is 30.3. The van der Waals surface area contributed by atoms with E-state index in [-0.39, 0.29) is 0 Å². The standard InChI is InChI=1S/C8H14O.2C7H12O.3C6H10O/c1-7-6-8(7)2-4-9-5-3-8;1-5-4-6-2-3-7(5)8-6;1-5-6-3-2-4-8-7(5)6;1-6-2-5(6)3-7-4-6;1-4-5-2-7-3-6(4)5;1-4-6-2-5(6)3-7-4/h7H,2-6H2,1H3;2*5-7H,2-4H2,1H3;5H,2-4H2,1H3;2*4-6H,2-3H2,1H3. The summed E-state index contributed by atoms with van der Waals surface area (Å²) in [6.45, 7) is 22.0. The second kappa shape index (κ2) is 14.2. The minimum Gasteiger partial charge on any atom is -0.381 e. The smallest absolute Gasteiger partial charge is 0.0635 e. The van der Waals surface area contributed by atoms with Crippen LogP contribution in [0.25, 0.3) is 0 Å². The van der Waals surface area contributed by atoms with Crippen LogP contribution in [0.1, 0.15) is 106 Å². The van der Waals surface area contributed by atoms with Crippen LogP contribution in [0.4, 0.5) is 0 Å². The molecule has 0 aromatic rings. The molecule has 0 aromatic heterocycles. The molecule has 5 saturated carbocycles. The van der Waals surface area contributed by atoms with Crippen molar-refractivity contribution >= 4 is 0 Å². The van der Waals surface area contributed by atoms with Crippen molar-refractivity contribution in [1.29, 1.82) is 0 Å². The molecule has 14 atom stereocenters. The van der Waals surface area contributed by atoms with Crippen molar-refractivity contribution in [2.75, 3.05) is 52.9 Å². The first-order chi connectivity index (χ1) is 22.2. The summed E-state index contributed by atoms with van der Waals surface area (Å²) in [4.78, 5) is 0. The molecule has 7 saturated heterocycles. The van der Waals surface area contributed by atoms with E-state index in [1.165, 1.54) is 64.2 Å². The molecule has 0 radical (unpaired) electrons. The maximum absolute atomic E-state index is 5.58. The van der Waals surface area contributed by atoms with Gasteiger partial charge in [-0.3, -0.25) is 0 Å². The van der Waals surface area contributed by atoms with Crippen LogP contribution in [-0.2, 0) is 28.4 Å². The minimum absolute atomic E-state index is 0.588. The third-order valence-electron chi connectivity index (χ3n) is 14.8. The van der Waals surface area contributed by atoms with E-state index in [1.807, 2.05) is 0 Å². The van der Waals surface area contributed by atoms with Crippen LogP contribution in [0.3, 0.4) is 0 Å². The predicted octanol–water partition coefficient (Wildman–Crippen LogP) is 7.81. The van der Waals surface area contributed by atoms with Crippen molar-refractivity contribution in [2.24, 2.45) is 70.0 Å². The fourth-order valence-electron chi connectivity index (χ4n) is 10.0. The van der Waals surface area contributed by atoms with Crippen LogP contribution >= 0.6 is 0 Å². The fraction of sp³-hybridized carbons (Fsp3) is 1.00. The Bertz CT molecular complexity index is 967. The highest BCUT2D eigenvalue weighted by Crippen LogP contribution is 2.58. The molecule has 6 nitrogen and oxygen atoms in total. The number of hydrogen-bond acceptors (Lipinski definition) is 6. The fourth-order valence-corrected chi connectivity index (χ4v) is 10.0. The van der Waals surface area contributed by atoms with E-state index >= 15 is 0 Å². The average molecular weight is 645 g/mol. The summed E-state index contributed by atoms with van der Waals surface area (Å²) in [6.07, 6.45) is 16.2. The number of ether oxygens (including phenoxy) is 6. The summed E-state index contributed by atoms with van der Waals surface area (Å²) in [5.41, 5.74) is 1.40. The first kappa shape index (κ1) is 34.2. The SMILES string of the molecule is CC12COCC1C2.CC1C2CCCOC12.CC1C2COCC12.CC1CC12CCOCC2.CC1CC2CCC1O2.CC1OCC2CC21. The summed E-state index contributed by atoms with van der Waals surface area (Å²) in [6, 6.07) is 0. The largest absolute Gasteiger partial charge is 0.381 e. The predicted molar refractivity (Wildman–Crippen MR) is 181 cm³/mol. The Labute approximate surface area is 281 Å². The molecule has 6 heteroatoms. The molecule has 264 valence electrons. The van der Waals surface area contributed by atoms with Gasteiger partial charge in [0.05, 0.1) is 57.5 Å². The Kier molecular flexibility index (Phi) is 10.5. The van der Waals surface area contributed by atoms with Gasteiger partial charge in [-0.2, -0.15) is 0 Å². The molecular weight excluding hydrogens is 576 g/mol. The van der Waals surface area contributed by atoms with Gasteiger partial charge in [0.25, 0.3) is 0 Å². The highest BCUT2D eigenvalue weighted by molar-refractivity contribution is 5.02. The van der Waals surface area contributed by atoms with Gasteiger partial charge in [0.1, 0.15) is 0 Å². The molecule has 7 aliphatic heterocycles. The monoisotopic (exact) mass is 645 g/mol. The molecule has 5 aliphatic carbocycles. The van der Waals surface area contributed by atoms with Crippen molar-refractivity contribution in [3.05, 3.63) is 0 Å². The van der Waals surface area contributed by atoms with Crippen LogP contribution in [-0.4, -0.2) is 77.3 Å². The molecule has 12 fully saturated rings. The van der Waals surface area contributed by atoms with Gasteiger partial charge in [0, 0.05) is 19.8 Å². The van der Waals surface area contributed by atoms with Crippen LogP contribution in [0.15, 0.2) is 0 Å². The van der Waals surface area contributed by atoms with Crippen LogP contribution < -0.4 is 0 Å². The highest BCUT2D eigenvalue weighted by Gasteiger charge is 2.54. The van der Waals surface area contributed by atoms with Gasteiger partial charge < -0.3 is 28.4 Å². The molecule has 14 unspecified atom stereocenters. The molecule has 0 amide bonds. The molecule has 1 spiro atoms. The highest BCUT2D eigenvalue weighted by atomic mass is 16.5. The van der Waals surface area contributed by atoms with E-state index in [0.29, 0.717) is 29.8 Å². The first-order valence-corrected chi connectivity index (χ1v) is 19.8. The lowest BCUT2D eigenvalue weighted by Crippen LogP contribution is -2.17. The molecule has 0 aromatic carbocycles. The second-order valence-electron chi connectivity index (χ2n) is 18.2. The lowest BCUT2D eigenvalue weighted by molar-refractivity contribution is 0.0530. The zero-order valence-corrected chi connectivity index (χ0v) is 30.3. The van der Waals surface area contributed by atoms with Crippen molar-refractivity contribution in [2.45, 2.75) is 130 Å². The van der Waals surface area contributed by atoms with Crippen molar-refractivity contribution in [1.82, 2.24) is 0 Å². The topological polar surface area (TPSA) is 55.4 Å². The molecule has 12 aliphatic rings. The molecule has 0 N–H and O–H groups in total. The Morgan fingerprint density at radius 2 is 1.41 bits per heavy atom. The van der Waals surface area contributed by atoms with Crippen molar-refractivity contribution in [3.8, 4) is 0 Å². The Hall–Kier alpha value is -0.240. The summed E-state index contributed by atoms with van der Waals surface area (Å²) in [5.74, 6) is 9.47. The van der Waals surface area contributed by atoms with E-state index in [1.54, 1.807) is 0 Å². The van der Waals surface area contributed by atoms with E-state index in [2.05, 4.69) is 41.5 Å². The van der Waals surface area contributed by atoms with Gasteiger partial charge in [-0.1, -0.05) is 34.6 Å². The number of hydrogen-bond donors (Lipinski definition) is 0. The first-order valence-electron chi connectivity index (χ1n) is 19.8. The summed E-state index contributed by atoms with van der Waals surface area (Å²) >= 11 is 0. The maximum atomic E-state index is 5.58. The quantitative estimate of drug-likeness (QED) is 0.268. The third-order valence-corrected chi connectivity index (χ3v) is 14.8. The lowest BCUT2D eigenvalue weighted by atomic mass is 9.91. The number of fused-ring (bicyclic) bond motifs is 6. The number of rotatable bonds is 0. The summed E-state index contributed by atoms with van der Waals surface area (Å²) in [5, 5.41) is 0. The van der Waals surface area contributed by atoms with Crippen LogP contribution in [0.2, 0.25) is 0 Å². The Morgan fingerprint density at radius 3 is 1.70 bits per heavy atom. The molecule has 2 bridgehead atoms. The van der Waals surface area contributed by atoms with Gasteiger partial charge in [-0.25, -0.2) is 0 Å². The van der Waals surface area contributed by atoms with Crippen LogP contribution in [0.5, 0.6) is 0 Å². The summed E-state index contributed by atoms with van der Waals surface area (Å²) < 4.78 is 32.0. The van der Waals surface area contributed by atoms with E-state index in [0.717, 1.165) is 117 Å². The van der Waals surface area contributed by atoms with Crippen molar-refractivity contribution < 1.29 is 28.4 Å². The van der Waals surface area contributed by atoms with Crippen molar-refractivity contribution in [3.63, 3.8) is 0 Å². The van der Waals surface area contributed by atoms with Crippen LogP contribution in [0, 0.1) is 70.0 Å². The molecule has 12 rings (SSSR count). The summed E-state index contributed by atoms with van der Waals surface area (Å²) in [7, 11) is 0. The minimum atomic E-state index is 0.588. The normalized spacial score (nSPS) is 52.0. The zero-order chi connectivity index (χ0) is 32.1. The third kappa shape index (κ3) is 8.04. The molecule has 7 heterocycles. The van der Waals surface area contributed by atoms with Gasteiger partial charge in [-0.15, -0.1) is 0 Å². The van der Waals surface area contributed by atoms with Gasteiger partial charge in [0.15, 0.2) is 0 Å². The average Bonchev–Trinajstić information content (AvgIpc) is 4.04.